The number of ether oxygens (including phenoxy) is 1. The minimum absolute atomic E-state index is 0.291. The number of nitrogens with zero attached hydrogens (tertiary/aromatic N) is 1. The molecule has 108 valence electrons. The molecule has 1 unspecified atom stereocenters. The van der Waals surface area contributed by atoms with Crippen molar-refractivity contribution >= 4 is 11.6 Å². The Kier molecular flexibility index (Phi) is 4.61. The van der Waals surface area contributed by atoms with Gasteiger partial charge in [-0.05, 0) is 37.6 Å². The van der Waals surface area contributed by atoms with Gasteiger partial charge < -0.3 is 10.1 Å². The summed E-state index contributed by atoms with van der Waals surface area (Å²) < 4.78 is 39.6. The number of benzene rings is 1. The first kappa shape index (κ1) is 15.8. The summed E-state index contributed by atoms with van der Waals surface area (Å²) in [5.74, 6) is -0.888. The van der Waals surface area contributed by atoms with Crippen LogP contribution in [0.1, 0.15) is 20.3 Å². The smallest absolute Gasteiger partial charge is 0.406 e. The van der Waals surface area contributed by atoms with Crippen molar-refractivity contribution in [1.29, 1.82) is 5.26 Å². The lowest BCUT2D eigenvalue weighted by molar-refractivity contribution is -0.274. The highest BCUT2D eigenvalue weighted by atomic mass is 19.4. The van der Waals surface area contributed by atoms with Gasteiger partial charge in [-0.2, -0.15) is 5.26 Å². The molecule has 0 saturated carbocycles. The minimum atomic E-state index is -4.76. The predicted octanol–water partition coefficient (Wildman–Crippen LogP) is 3.46. The summed E-state index contributed by atoms with van der Waals surface area (Å²) in [5.41, 5.74) is -0.888. The highest BCUT2D eigenvalue weighted by Crippen LogP contribution is 2.26. The Hall–Kier alpha value is -2.23. The number of hydrogen-bond acceptors (Lipinski definition) is 3. The number of amides is 1. The second-order valence-corrected chi connectivity index (χ2v) is 4.32. The molecule has 1 rings (SSSR count). The first-order valence-corrected chi connectivity index (χ1v) is 5.78. The number of carbonyl (C=O) groups is 1. The molecular formula is C13H13F3N2O2. The molecule has 0 saturated heterocycles. The molecule has 0 radical (unpaired) electrons. The molecule has 0 fully saturated rings. The number of hydrogen-bond donors (Lipinski definition) is 1. The summed E-state index contributed by atoms with van der Waals surface area (Å²) in [6.45, 7) is 3.19. The molecule has 0 aliphatic heterocycles. The molecule has 4 nitrogen and oxygen atoms in total. The summed E-state index contributed by atoms with van der Waals surface area (Å²) in [4.78, 5) is 11.9. The van der Waals surface area contributed by atoms with Gasteiger partial charge in [-0.3, -0.25) is 4.79 Å². The lowest BCUT2D eigenvalue weighted by Crippen LogP contribution is -2.31. The molecule has 7 heteroatoms. The predicted molar refractivity (Wildman–Crippen MR) is 65.8 cm³/mol. The van der Waals surface area contributed by atoms with E-state index in [-0.39, 0.29) is 5.75 Å². The van der Waals surface area contributed by atoms with Crippen LogP contribution in [0.25, 0.3) is 0 Å². The summed E-state index contributed by atoms with van der Waals surface area (Å²) >= 11 is 0. The number of alkyl halides is 3. The third-order valence-electron chi connectivity index (χ3n) is 2.80. The molecule has 20 heavy (non-hydrogen) atoms. The molecular weight excluding hydrogens is 273 g/mol. The first-order valence-electron chi connectivity index (χ1n) is 5.78. The molecule has 0 heterocycles. The molecule has 1 amide bonds. The third kappa shape index (κ3) is 4.16. The molecule has 0 aliphatic rings. The molecule has 0 bridgehead atoms. The van der Waals surface area contributed by atoms with Gasteiger partial charge in [-0.15, -0.1) is 13.2 Å². The Morgan fingerprint density at radius 1 is 1.35 bits per heavy atom. The van der Waals surface area contributed by atoms with E-state index in [4.69, 9.17) is 5.26 Å². The van der Waals surface area contributed by atoms with E-state index in [0.29, 0.717) is 12.1 Å². The van der Waals surface area contributed by atoms with E-state index in [9.17, 15) is 18.0 Å². The molecule has 1 N–H and O–H groups in total. The third-order valence-corrected chi connectivity index (χ3v) is 2.80. The Bertz CT molecular complexity index is 520. The second-order valence-electron chi connectivity index (χ2n) is 4.32. The zero-order valence-corrected chi connectivity index (χ0v) is 10.9. The maximum Gasteiger partial charge on any atom is 0.573 e. The molecule has 1 aromatic carbocycles. The second kappa shape index (κ2) is 5.82. The van der Waals surface area contributed by atoms with Crippen molar-refractivity contribution in [3.8, 4) is 11.8 Å². The van der Waals surface area contributed by atoms with E-state index >= 15 is 0 Å². The van der Waals surface area contributed by atoms with Crippen molar-refractivity contribution < 1.29 is 22.7 Å². The van der Waals surface area contributed by atoms with Crippen molar-refractivity contribution in [3.05, 3.63) is 24.3 Å². The SMILES string of the molecule is CCC(C)(C#N)C(=O)Nc1ccc(OC(F)(F)F)cc1. The Balaban J connectivity index is 2.76. The van der Waals surface area contributed by atoms with Gasteiger partial charge >= 0.3 is 6.36 Å². The van der Waals surface area contributed by atoms with Crippen molar-refractivity contribution in [2.45, 2.75) is 26.6 Å². The van der Waals surface area contributed by atoms with Crippen molar-refractivity contribution in [2.75, 3.05) is 5.32 Å². The van der Waals surface area contributed by atoms with Crippen molar-refractivity contribution in [1.82, 2.24) is 0 Å². The molecule has 0 aliphatic carbocycles. The monoisotopic (exact) mass is 286 g/mol. The Morgan fingerprint density at radius 3 is 2.30 bits per heavy atom. The van der Waals surface area contributed by atoms with E-state index in [1.807, 2.05) is 6.07 Å². The molecule has 1 atom stereocenters. The van der Waals surface area contributed by atoms with Crippen LogP contribution in [-0.2, 0) is 4.79 Å². The maximum absolute atomic E-state index is 12.0. The average molecular weight is 286 g/mol. The quantitative estimate of drug-likeness (QED) is 0.921. The van der Waals surface area contributed by atoms with Gasteiger partial charge in [0, 0.05) is 5.69 Å². The van der Waals surface area contributed by atoms with Crippen molar-refractivity contribution in [3.63, 3.8) is 0 Å². The largest absolute Gasteiger partial charge is 0.573 e. The van der Waals surface area contributed by atoms with Crippen LogP contribution in [0.5, 0.6) is 5.75 Å². The van der Waals surface area contributed by atoms with Crippen molar-refractivity contribution in [2.24, 2.45) is 5.41 Å². The minimum Gasteiger partial charge on any atom is -0.406 e. The lowest BCUT2D eigenvalue weighted by Gasteiger charge is -2.18. The van der Waals surface area contributed by atoms with Gasteiger partial charge in [0.25, 0.3) is 0 Å². The van der Waals surface area contributed by atoms with Crippen LogP contribution in [0.4, 0.5) is 18.9 Å². The average Bonchev–Trinajstić information content (AvgIpc) is 2.38. The van der Waals surface area contributed by atoms with E-state index < -0.39 is 17.7 Å². The standard InChI is InChI=1S/C13H13F3N2O2/c1-3-12(2,8-17)11(19)18-9-4-6-10(7-5-9)20-13(14,15)16/h4-7H,3H2,1-2H3,(H,18,19). The normalized spacial score (nSPS) is 14.0. The maximum atomic E-state index is 12.0. The van der Waals surface area contributed by atoms with Gasteiger partial charge in [-0.1, -0.05) is 6.92 Å². The summed E-state index contributed by atoms with van der Waals surface area (Å²) in [7, 11) is 0. The van der Waals surface area contributed by atoms with E-state index in [2.05, 4.69) is 10.1 Å². The summed E-state index contributed by atoms with van der Waals surface area (Å²) in [6.07, 6.45) is -4.43. The van der Waals surface area contributed by atoms with Gasteiger partial charge in [0.05, 0.1) is 6.07 Å². The highest BCUT2D eigenvalue weighted by molar-refractivity contribution is 5.96. The van der Waals surface area contributed by atoms with E-state index in [1.165, 1.54) is 19.1 Å². The van der Waals surface area contributed by atoms with Crippen LogP contribution in [0.3, 0.4) is 0 Å². The van der Waals surface area contributed by atoms with Gasteiger partial charge in [0.1, 0.15) is 11.2 Å². The van der Waals surface area contributed by atoms with Crippen LogP contribution in [0.15, 0.2) is 24.3 Å². The fourth-order valence-corrected chi connectivity index (χ4v) is 1.30. The zero-order valence-electron chi connectivity index (χ0n) is 10.9. The topological polar surface area (TPSA) is 62.1 Å². The van der Waals surface area contributed by atoms with Gasteiger partial charge in [-0.25, -0.2) is 0 Å². The number of halogens is 3. The van der Waals surface area contributed by atoms with Crippen LogP contribution in [-0.4, -0.2) is 12.3 Å². The molecule has 0 aromatic heterocycles. The van der Waals surface area contributed by atoms with Crippen LogP contribution >= 0.6 is 0 Å². The molecule has 1 aromatic rings. The summed E-state index contributed by atoms with van der Waals surface area (Å²) in [5, 5.41) is 11.4. The number of nitriles is 1. The lowest BCUT2D eigenvalue weighted by atomic mass is 9.88. The molecule has 0 spiro atoms. The fraction of sp³-hybridized carbons (Fsp3) is 0.385. The van der Waals surface area contributed by atoms with Gasteiger partial charge in [0.15, 0.2) is 0 Å². The number of anilines is 1. The summed E-state index contributed by atoms with van der Waals surface area (Å²) in [6, 6.07) is 6.61. The van der Waals surface area contributed by atoms with E-state index in [1.54, 1.807) is 6.92 Å². The zero-order chi connectivity index (χ0) is 15.4. The van der Waals surface area contributed by atoms with Crippen LogP contribution < -0.4 is 10.1 Å². The number of carbonyl (C=O) groups excluding carboxylic acids is 1. The van der Waals surface area contributed by atoms with Gasteiger partial charge in [0.2, 0.25) is 5.91 Å². The van der Waals surface area contributed by atoms with Crippen LogP contribution in [0, 0.1) is 16.7 Å². The highest BCUT2D eigenvalue weighted by Gasteiger charge is 2.32. The first-order chi connectivity index (χ1) is 9.20. The Labute approximate surface area is 114 Å². The Morgan fingerprint density at radius 2 is 1.90 bits per heavy atom. The van der Waals surface area contributed by atoms with E-state index in [0.717, 1.165) is 12.1 Å². The van der Waals surface area contributed by atoms with Crippen LogP contribution in [0.2, 0.25) is 0 Å². The number of rotatable bonds is 4. The fourth-order valence-electron chi connectivity index (χ4n) is 1.30. The number of nitrogens with one attached hydrogen (secondary N) is 1.